The quantitative estimate of drug-likeness (QED) is 0.182. The van der Waals surface area contributed by atoms with Gasteiger partial charge < -0.3 is 37.8 Å². The van der Waals surface area contributed by atoms with Gasteiger partial charge in [-0.1, -0.05) is 24.3 Å². The molecule has 0 N–H and O–H groups in total. The molecule has 0 fully saturated rings. The summed E-state index contributed by atoms with van der Waals surface area (Å²) in [5, 5.41) is 0. The molecule has 8 nitrogen and oxygen atoms in total. The minimum Gasteiger partial charge on any atom is -0.780 e. The van der Waals surface area contributed by atoms with E-state index in [9.17, 15) is 28.7 Å². The van der Waals surface area contributed by atoms with E-state index in [1.807, 2.05) is 0 Å². The van der Waals surface area contributed by atoms with Crippen molar-refractivity contribution in [2.75, 3.05) is 0 Å². The fourth-order valence-electron chi connectivity index (χ4n) is 2.57. The van der Waals surface area contributed by atoms with Gasteiger partial charge in [-0.3, -0.25) is 0 Å². The van der Waals surface area contributed by atoms with Gasteiger partial charge in [0, 0.05) is 5.56 Å². The van der Waals surface area contributed by atoms with Crippen molar-refractivity contribution < 1.29 is 156 Å². The second-order valence-corrected chi connectivity index (χ2v) is 7.87. The Morgan fingerprint density at radius 3 is 1.75 bits per heavy atom. The van der Waals surface area contributed by atoms with E-state index in [0.717, 1.165) is 5.56 Å². The number of hydrogen-bond acceptors (Lipinski definition) is 8. The van der Waals surface area contributed by atoms with E-state index in [2.05, 4.69) is 22.2 Å². The molecule has 0 saturated carbocycles. The standard InChI is InChI=1S/C18H20O8P2.4Na/c1-3-5-13-7-9-18(26-28(22,23)24)16(11-13)14-8-10-17(25-27(19,20)21)15(12-14)6-4-2;;;;/h3-4,7-12H,1-2,5-6H2,(H2,19,20,21)(H2,22,23,24);;;;/q;4*+1/p-4. The van der Waals surface area contributed by atoms with E-state index >= 15 is 0 Å². The van der Waals surface area contributed by atoms with Crippen LogP contribution in [0.3, 0.4) is 0 Å². The van der Waals surface area contributed by atoms with Crippen LogP contribution in [0.1, 0.15) is 11.1 Å². The van der Waals surface area contributed by atoms with Crippen molar-refractivity contribution in [2.24, 2.45) is 0 Å². The van der Waals surface area contributed by atoms with Crippen molar-refractivity contribution in [1.29, 1.82) is 0 Å². The third kappa shape index (κ3) is 13.2. The van der Waals surface area contributed by atoms with E-state index in [1.165, 1.54) is 30.3 Å². The minimum atomic E-state index is -5.31. The van der Waals surface area contributed by atoms with Crippen molar-refractivity contribution in [2.45, 2.75) is 12.8 Å². The third-order valence-corrected chi connectivity index (χ3v) is 4.42. The van der Waals surface area contributed by atoms with Crippen LogP contribution in [0.4, 0.5) is 0 Å². The van der Waals surface area contributed by atoms with Gasteiger partial charge in [0.15, 0.2) is 0 Å². The summed E-state index contributed by atoms with van der Waals surface area (Å²) in [4.78, 5) is 44.0. The van der Waals surface area contributed by atoms with Gasteiger partial charge in [0.25, 0.3) is 0 Å². The Labute approximate surface area is 275 Å². The van der Waals surface area contributed by atoms with Gasteiger partial charge in [0.1, 0.15) is 27.1 Å². The second kappa shape index (κ2) is 17.3. The molecule has 0 bridgehead atoms. The van der Waals surface area contributed by atoms with Crippen LogP contribution in [0.2, 0.25) is 0 Å². The first-order valence-corrected chi connectivity index (χ1v) is 10.9. The summed E-state index contributed by atoms with van der Waals surface area (Å²) in [5.41, 5.74) is 1.81. The first-order chi connectivity index (χ1) is 13.0. The van der Waals surface area contributed by atoms with Crippen molar-refractivity contribution in [3.8, 4) is 22.6 Å². The number of hydrogen-bond donors (Lipinski definition) is 0. The summed E-state index contributed by atoms with van der Waals surface area (Å²) in [6, 6.07) is 8.72. The zero-order valence-electron chi connectivity index (χ0n) is 18.6. The maximum absolute atomic E-state index is 11.1. The van der Waals surface area contributed by atoms with Crippen molar-refractivity contribution in [3.63, 3.8) is 0 Å². The summed E-state index contributed by atoms with van der Waals surface area (Å²) in [5.74, 6) is -0.349. The number of rotatable bonds is 9. The normalized spacial score (nSPS) is 10.2. The van der Waals surface area contributed by atoms with E-state index in [-0.39, 0.29) is 142 Å². The maximum Gasteiger partial charge on any atom is 1.00 e. The van der Waals surface area contributed by atoms with Crippen LogP contribution in [0, 0.1) is 0 Å². The molecule has 2 aromatic carbocycles. The van der Waals surface area contributed by atoms with Gasteiger partial charge in [0.05, 0.1) is 0 Å². The summed E-state index contributed by atoms with van der Waals surface area (Å²) >= 11 is 0. The Bertz CT molecular complexity index is 991. The molecule has 0 aliphatic heterocycles. The van der Waals surface area contributed by atoms with Gasteiger partial charge in [0.2, 0.25) is 0 Å². The van der Waals surface area contributed by atoms with Crippen LogP contribution in [-0.4, -0.2) is 0 Å². The Hall–Kier alpha value is 1.82. The van der Waals surface area contributed by atoms with Crippen LogP contribution in [-0.2, 0) is 22.0 Å². The first-order valence-electron chi connectivity index (χ1n) is 7.94. The molecule has 0 spiro atoms. The van der Waals surface area contributed by atoms with E-state index in [1.54, 1.807) is 18.2 Å². The molecule has 0 heterocycles. The minimum absolute atomic E-state index is 0. The average molecular weight is 514 g/mol. The molecule has 0 radical (unpaired) electrons. The molecule has 32 heavy (non-hydrogen) atoms. The van der Waals surface area contributed by atoms with E-state index in [0.29, 0.717) is 17.5 Å². The van der Waals surface area contributed by atoms with Gasteiger partial charge in [-0.15, -0.1) is 13.2 Å². The number of phosphoric ester groups is 2. The molecule has 0 atom stereocenters. The molecule has 150 valence electrons. The third-order valence-electron chi connectivity index (χ3n) is 3.58. The molecule has 0 aromatic heterocycles. The summed E-state index contributed by atoms with van der Waals surface area (Å²) in [6.45, 7) is 7.20. The molecule has 2 rings (SSSR count). The first kappa shape index (κ1) is 38.4. The second-order valence-electron chi connectivity index (χ2n) is 5.72. The average Bonchev–Trinajstić information content (AvgIpc) is 2.56. The van der Waals surface area contributed by atoms with Crippen LogP contribution in [0.15, 0.2) is 61.7 Å². The van der Waals surface area contributed by atoms with Gasteiger partial charge in [-0.2, -0.15) is 0 Å². The summed E-state index contributed by atoms with van der Waals surface area (Å²) in [7, 11) is -10.6. The largest absolute Gasteiger partial charge is 1.00 e. The smallest absolute Gasteiger partial charge is 0.780 e. The molecular weight excluding hydrogens is 498 g/mol. The molecule has 0 amide bonds. The van der Waals surface area contributed by atoms with Crippen LogP contribution >= 0.6 is 15.6 Å². The molecule has 0 aliphatic rings. The van der Waals surface area contributed by atoms with E-state index in [4.69, 9.17) is 0 Å². The van der Waals surface area contributed by atoms with E-state index < -0.39 is 15.6 Å². The van der Waals surface area contributed by atoms with Crippen LogP contribution < -0.4 is 147 Å². The molecular formula is C18H16Na4O8P2. The summed E-state index contributed by atoms with van der Waals surface area (Å²) in [6.07, 6.45) is 3.77. The zero-order valence-corrected chi connectivity index (χ0v) is 28.4. The molecule has 0 saturated heterocycles. The van der Waals surface area contributed by atoms with Crippen LogP contribution in [0.5, 0.6) is 11.5 Å². The predicted molar refractivity (Wildman–Crippen MR) is 96.1 cm³/mol. The number of phosphoric acid groups is 2. The Morgan fingerprint density at radius 1 is 0.750 bits per heavy atom. The summed E-state index contributed by atoms with van der Waals surface area (Å²) < 4.78 is 31.0. The molecule has 0 unspecified atom stereocenters. The van der Waals surface area contributed by atoms with Crippen LogP contribution in [0.25, 0.3) is 11.1 Å². The van der Waals surface area contributed by atoms with Gasteiger partial charge in [-0.05, 0) is 53.8 Å². The molecule has 14 heteroatoms. The van der Waals surface area contributed by atoms with Gasteiger partial charge in [-0.25, -0.2) is 0 Å². The zero-order chi connectivity index (χ0) is 20.9. The fraction of sp³-hybridized carbons (Fsp3) is 0.111. The molecule has 0 aliphatic carbocycles. The topological polar surface area (TPSA) is 145 Å². The van der Waals surface area contributed by atoms with Crippen molar-refractivity contribution in [3.05, 3.63) is 72.8 Å². The predicted octanol–water partition coefficient (Wildman–Crippen LogP) is -10.8. The Morgan fingerprint density at radius 2 is 1.25 bits per heavy atom. The number of benzene rings is 2. The van der Waals surface area contributed by atoms with Crippen molar-refractivity contribution in [1.82, 2.24) is 0 Å². The van der Waals surface area contributed by atoms with Gasteiger partial charge >= 0.3 is 118 Å². The Balaban J connectivity index is -0.00000210. The number of allylic oxidation sites excluding steroid dienone is 2. The monoisotopic (exact) mass is 514 g/mol. The molecule has 2 aromatic rings. The fourth-order valence-corrected chi connectivity index (χ4v) is 3.39. The van der Waals surface area contributed by atoms with Crippen molar-refractivity contribution >= 4 is 15.6 Å². The maximum atomic E-state index is 11.1. The SMILES string of the molecule is C=CCc1ccc(OP(=O)([O-])[O-])c(-c2ccc(OP(=O)([O-])[O-])c(CC=C)c2)c1.[Na+].[Na+].[Na+].[Na+]. The Kier molecular flexibility index (Phi) is 20.7.